The number of primary sulfonamides is 1. The highest BCUT2D eigenvalue weighted by Gasteiger charge is 2.07. The second-order valence-corrected chi connectivity index (χ2v) is 6.95. The third kappa shape index (κ3) is 7.67. The van der Waals surface area contributed by atoms with Gasteiger partial charge in [0.25, 0.3) is 0 Å². The minimum atomic E-state index is -3.71. The molecular weight excluding hydrogens is 465 g/mol. The number of rotatable bonds is 7. The highest BCUT2D eigenvalue weighted by atomic mass is 127. The van der Waals surface area contributed by atoms with Gasteiger partial charge in [-0.05, 0) is 36.8 Å². The van der Waals surface area contributed by atoms with E-state index in [0.29, 0.717) is 19.0 Å². The van der Waals surface area contributed by atoms with E-state index >= 15 is 0 Å². The third-order valence-corrected chi connectivity index (χ3v) is 4.30. The van der Waals surface area contributed by atoms with E-state index in [1.165, 1.54) is 12.1 Å². The van der Waals surface area contributed by atoms with Gasteiger partial charge in [-0.3, -0.25) is 4.98 Å². The Labute approximate surface area is 171 Å². The Hall–Kier alpha value is -1.72. The van der Waals surface area contributed by atoms with E-state index in [2.05, 4.69) is 20.6 Å². The highest BCUT2D eigenvalue weighted by molar-refractivity contribution is 14.0. The molecule has 2 aromatic rings. The van der Waals surface area contributed by atoms with E-state index in [9.17, 15) is 8.42 Å². The number of hydrogen-bond donors (Lipinski definition) is 3. The maximum atomic E-state index is 11.4. The molecule has 1 heterocycles. The van der Waals surface area contributed by atoms with Gasteiger partial charge in [0.05, 0.1) is 11.4 Å². The van der Waals surface area contributed by atoms with E-state index in [-0.39, 0.29) is 28.9 Å². The summed E-state index contributed by atoms with van der Waals surface area (Å²) in [6, 6.07) is 12.3. The molecule has 0 bridgehead atoms. The van der Waals surface area contributed by atoms with Gasteiger partial charge in [0.15, 0.2) is 5.96 Å². The van der Waals surface area contributed by atoms with Crippen molar-refractivity contribution < 1.29 is 8.42 Å². The zero-order valence-corrected chi connectivity index (χ0v) is 17.7. The van der Waals surface area contributed by atoms with Crippen molar-refractivity contribution in [3.8, 4) is 0 Å². The summed E-state index contributed by atoms with van der Waals surface area (Å²) in [5.41, 5.74) is 1.78. The van der Waals surface area contributed by atoms with Gasteiger partial charge in [-0.1, -0.05) is 18.2 Å². The van der Waals surface area contributed by atoms with Gasteiger partial charge in [0.2, 0.25) is 10.0 Å². The van der Waals surface area contributed by atoms with E-state index in [1.54, 1.807) is 12.3 Å². The minimum absolute atomic E-state index is 0. The quantitative estimate of drug-likeness (QED) is 0.311. The molecule has 26 heavy (non-hydrogen) atoms. The predicted molar refractivity (Wildman–Crippen MR) is 114 cm³/mol. The second kappa shape index (κ2) is 11.1. The van der Waals surface area contributed by atoms with Crippen LogP contribution in [0.4, 0.5) is 0 Å². The molecule has 4 N–H and O–H groups in total. The molecule has 0 aliphatic heterocycles. The summed E-state index contributed by atoms with van der Waals surface area (Å²) in [6.07, 6.45) is 2.55. The van der Waals surface area contributed by atoms with Crippen molar-refractivity contribution in [3.05, 3.63) is 59.9 Å². The van der Waals surface area contributed by atoms with Crippen molar-refractivity contribution in [2.75, 3.05) is 13.1 Å². The van der Waals surface area contributed by atoms with E-state index in [4.69, 9.17) is 5.14 Å². The van der Waals surface area contributed by atoms with Gasteiger partial charge >= 0.3 is 0 Å². The number of nitrogens with two attached hydrogens (primary N) is 1. The fourth-order valence-electron chi connectivity index (χ4n) is 2.19. The van der Waals surface area contributed by atoms with Gasteiger partial charge in [-0.25, -0.2) is 18.5 Å². The first-order valence-corrected chi connectivity index (χ1v) is 9.57. The smallest absolute Gasteiger partial charge is 0.238 e. The molecule has 0 spiro atoms. The lowest BCUT2D eigenvalue weighted by atomic mass is 10.2. The number of sulfonamides is 1. The summed E-state index contributed by atoms with van der Waals surface area (Å²) in [6.45, 7) is 3.76. The molecule has 9 heteroatoms. The average molecular weight is 489 g/mol. The summed E-state index contributed by atoms with van der Waals surface area (Å²) in [5.74, 6) is 0.666. The van der Waals surface area contributed by atoms with E-state index in [0.717, 1.165) is 24.2 Å². The molecule has 1 aromatic carbocycles. The third-order valence-electron chi connectivity index (χ3n) is 3.39. The van der Waals surface area contributed by atoms with Gasteiger partial charge < -0.3 is 10.6 Å². The molecule has 0 radical (unpaired) electrons. The SMILES string of the molecule is CCNC(=NCc1cccc(S(N)(=O)=O)c1)NCCc1ccccn1.I. The fourth-order valence-corrected chi connectivity index (χ4v) is 2.77. The Morgan fingerprint density at radius 3 is 2.65 bits per heavy atom. The Balaban J connectivity index is 0.00000338. The lowest BCUT2D eigenvalue weighted by Crippen LogP contribution is -2.38. The normalized spacial score (nSPS) is 11.5. The van der Waals surface area contributed by atoms with Crippen LogP contribution in [0, 0.1) is 0 Å². The number of guanidine groups is 1. The van der Waals surface area contributed by atoms with Crippen LogP contribution in [-0.2, 0) is 23.0 Å². The number of halogens is 1. The predicted octanol–water partition coefficient (Wildman–Crippen LogP) is 1.64. The molecule has 0 saturated heterocycles. The first-order chi connectivity index (χ1) is 12.0. The molecule has 1 aromatic heterocycles. The number of nitrogens with zero attached hydrogens (tertiary/aromatic N) is 2. The number of benzene rings is 1. The Bertz CT molecular complexity index is 813. The van der Waals surface area contributed by atoms with Crippen LogP contribution in [0.3, 0.4) is 0 Å². The van der Waals surface area contributed by atoms with Crippen LogP contribution in [0.5, 0.6) is 0 Å². The van der Waals surface area contributed by atoms with Crippen molar-refractivity contribution in [3.63, 3.8) is 0 Å². The highest BCUT2D eigenvalue weighted by Crippen LogP contribution is 2.10. The number of nitrogens with one attached hydrogen (secondary N) is 2. The molecular formula is C17H24IN5O2S. The van der Waals surface area contributed by atoms with Crippen LogP contribution in [0.1, 0.15) is 18.2 Å². The minimum Gasteiger partial charge on any atom is -0.357 e. The number of pyridine rings is 1. The van der Waals surface area contributed by atoms with Crippen molar-refractivity contribution in [2.24, 2.45) is 10.1 Å². The van der Waals surface area contributed by atoms with Crippen molar-refractivity contribution in [1.82, 2.24) is 15.6 Å². The molecule has 0 unspecified atom stereocenters. The summed E-state index contributed by atoms with van der Waals surface area (Å²) in [4.78, 5) is 8.85. The Morgan fingerprint density at radius 1 is 1.19 bits per heavy atom. The topological polar surface area (TPSA) is 109 Å². The zero-order chi connectivity index (χ0) is 18.1. The Morgan fingerprint density at radius 2 is 2.00 bits per heavy atom. The summed E-state index contributed by atoms with van der Waals surface area (Å²) >= 11 is 0. The van der Waals surface area contributed by atoms with Crippen LogP contribution in [0.15, 0.2) is 58.5 Å². The molecule has 0 fully saturated rings. The molecule has 0 aliphatic carbocycles. The number of hydrogen-bond acceptors (Lipinski definition) is 4. The van der Waals surface area contributed by atoms with E-state index in [1.807, 2.05) is 31.2 Å². The fraction of sp³-hybridized carbons (Fsp3) is 0.294. The molecule has 142 valence electrons. The second-order valence-electron chi connectivity index (χ2n) is 5.39. The van der Waals surface area contributed by atoms with Gasteiger partial charge in [0, 0.05) is 31.4 Å². The average Bonchev–Trinajstić information content (AvgIpc) is 2.60. The monoisotopic (exact) mass is 489 g/mol. The molecule has 0 amide bonds. The van der Waals surface area contributed by atoms with Gasteiger partial charge in [0.1, 0.15) is 0 Å². The van der Waals surface area contributed by atoms with Crippen molar-refractivity contribution in [1.29, 1.82) is 0 Å². The maximum absolute atomic E-state index is 11.4. The number of aromatic nitrogens is 1. The van der Waals surface area contributed by atoms with Crippen LogP contribution >= 0.6 is 24.0 Å². The lowest BCUT2D eigenvalue weighted by Gasteiger charge is -2.11. The molecule has 0 aliphatic rings. The van der Waals surface area contributed by atoms with Crippen LogP contribution in [0.25, 0.3) is 0 Å². The summed E-state index contributed by atoms with van der Waals surface area (Å²) in [5, 5.41) is 11.6. The molecule has 2 rings (SSSR count). The summed E-state index contributed by atoms with van der Waals surface area (Å²) < 4.78 is 22.8. The van der Waals surface area contributed by atoms with E-state index < -0.39 is 10.0 Å². The lowest BCUT2D eigenvalue weighted by molar-refractivity contribution is 0.597. The van der Waals surface area contributed by atoms with Crippen LogP contribution in [0.2, 0.25) is 0 Å². The first-order valence-electron chi connectivity index (χ1n) is 8.03. The molecule has 0 atom stereocenters. The first kappa shape index (κ1) is 22.3. The van der Waals surface area contributed by atoms with Crippen LogP contribution < -0.4 is 15.8 Å². The van der Waals surface area contributed by atoms with Crippen molar-refractivity contribution >= 4 is 40.0 Å². The van der Waals surface area contributed by atoms with Gasteiger partial charge in [-0.15, -0.1) is 24.0 Å². The Kier molecular flexibility index (Phi) is 9.52. The van der Waals surface area contributed by atoms with Gasteiger partial charge in [-0.2, -0.15) is 0 Å². The number of aliphatic imine (C=N–C) groups is 1. The standard InChI is InChI=1S/C17H23N5O2S.HI/c1-2-19-17(21-11-9-15-7-3-4-10-20-15)22-13-14-6-5-8-16(12-14)25(18,23)24;/h3-8,10,12H,2,9,11,13H2,1H3,(H2,18,23,24)(H2,19,21,22);1H. The maximum Gasteiger partial charge on any atom is 0.238 e. The zero-order valence-electron chi connectivity index (χ0n) is 14.6. The molecule has 0 saturated carbocycles. The summed E-state index contributed by atoms with van der Waals surface area (Å²) in [7, 11) is -3.71. The molecule has 7 nitrogen and oxygen atoms in total. The van der Waals surface area contributed by atoms with Crippen LogP contribution in [-0.4, -0.2) is 32.5 Å². The van der Waals surface area contributed by atoms with Crippen molar-refractivity contribution in [2.45, 2.75) is 24.8 Å². The largest absolute Gasteiger partial charge is 0.357 e.